The van der Waals surface area contributed by atoms with Crippen molar-refractivity contribution in [2.24, 2.45) is 41.5 Å². The third kappa shape index (κ3) is 3.55. The summed E-state index contributed by atoms with van der Waals surface area (Å²) < 4.78 is 12.7. The Balaban J connectivity index is 1.42. The number of methoxy groups -OCH3 is 1. The molecule has 1 heterocycles. The summed E-state index contributed by atoms with van der Waals surface area (Å²) >= 11 is 0. The number of ketones is 1. The van der Waals surface area contributed by atoms with E-state index in [0.717, 1.165) is 5.56 Å². The summed E-state index contributed by atoms with van der Waals surface area (Å²) in [6.07, 6.45) is 2.70. The van der Waals surface area contributed by atoms with E-state index in [4.69, 9.17) is 9.47 Å². The van der Waals surface area contributed by atoms with Crippen molar-refractivity contribution >= 4 is 11.8 Å². The standard InChI is InChI=1S/C32H38N2O7/c1-16-13-31-17(2)11-23-24(30(23,3)4)21(27(31)37)12-19(15-35)26(36)32(31,39)28(16)41-29(38)25-22(14-33-34(25)5)18-7-9-20(40-6)10-8-18/h7-10,12-14,17,21,23-24,26,28,35-36,39H,11,15H2,1-6H3/t17-,21+,23-,24+,26-,28+,31+,32+/m1/s1. The molecule has 2 fully saturated rings. The minimum absolute atomic E-state index is 0.0460. The van der Waals surface area contributed by atoms with Gasteiger partial charge in [0, 0.05) is 18.5 Å². The number of ether oxygens (including phenoxy) is 2. The molecule has 8 atom stereocenters. The first kappa shape index (κ1) is 27.9. The molecule has 4 aliphatic carbocycles. The fourth-order valence-corrected chi connectivity index (χ4v) is 8.42. The van der Waals surface area contributed by atoms with Crippen LogP contribution < -0.4 is 4.74 Å². The molecule has 4 aliphatic rings. The first-order valence-corrected chi connectivity index (χ1v) is 14.2. The average Bonchev–Trinajstić information content (AvgIpc) is 3.20. The van der Waals surface area contributed by atoms with Crippen LogP contribution in [0.25, 0.3) is 11.1 Å². The first-order valence-electron chi connectivity index (χ1n) is 14.2. The van der Waals surface area contributed by atoms with Gasteiger partial charge in [0.2, 0.25) is 0 Å². The van der Waals surface area contributed by atoms with Crippen molar-refractivity contribution in [3.8, 4) is 16.9 Å². The molecule has 2 aromatic rings. The second-order valence-corrected chi connectivity index (χ2v) is 12.9. The monoisotopic (exact) mass is 562 g/mol. The number of hydrogen-bond acceptors (Lipinski definition) is 8. The number of rotatable bonds is 5. The summed E-state index contributed by atoms with van der Waals surface area (Å²) in [6.45, 7) is 7.42. The summed E-state index contributed by atoms with van der Waals surface area (Å²) in [5, 5.41) is 39.0. The number of aliphatic hydroxyl groups excluding tert-OH is 2. The summed E-state index contributed by atoms with van der Waals surface area (Å²) in [7, 11) is 3.20. The van der Waals surface area contributed by atoms with E-state index in [1.54, 1.807) is 51.6 Å². The topological polar surface area (TPSA) is 131 Å². The normalized spacial score (nSPS) is 36.8. The molecule has 1 aromatic carbocycles. The molecule has 1 spiro atoms. The molecule has 9 nitrogen and oxygen atoms in total. The molecule has 3 N–H and O–H groups in total. The third-order valence-electron chi connectivity index (χ3n) is 10.7. The van der Waals surface area contributed by atoms with Crippen LogP contribution >= 0.6 is 0 Å². The number of nitrogens with zero attached hydrogens (tertiary/aromatic N) is 2. The summed E-state index contributed by atoms with van der Waals surface area (Å²) in [5.74, 6) is -0.876. The number of aromatic nitrogens is 2. The fourth-order valence-electron chi connectivity index (χ4n) is 8.42. The minimum atomic E-state index is -2.20. The number of fused-ring (bicyclic) bond motifs is 3. The van der Waals surface area contributed by atoms with Crippen LogP contribution in [0.3, 0.4) is 0 Å². The molecule has 0 radical (unpaired) electrons. The van der Waals surface area contributed by atoms with Crippen molar-refractivity contribution < 1.29 is 34.4 Å². The highest BCUT2D eigenvalue weighted by Gasteiger charge is 2.76. The third-order valence-corrected chi connectivity index (χ3v) is 10.7. The predicted octanol–water partition coefficient (Wildman–Crippen LogP) is 3.09. The number of allylic oxidation sites excluding steroid dienone is 1. The Kier molecular flexibility index (Phi) is 6.20. The van der Waals surface area contributed by atoms with Crippen LogP contribution in [0.1, 0.15) is 44.6 Å². The number of aryl methyl sites for hydroxylation is 1. The Morgan fingerprint density at radius 2 is 1.90 bits per heavy atom. The van der Waals surface area contributed by atoms with Gasteiger partial charge in [-0.25, -0.2) is 4.79 Å². The van der Waals surface area contributed by atoms with Gasteiger partial charge in [-0.15, -0.1) is 0 Å². The van der Waals surface area contributed by atoms with Crippen LogP contribution in [0, 0.1) is 34.5 Å². The van der Waals surface area contributed by atoms with Gasteiger partial charge < -0.3 is 24.8 Å². The number of benzene rings is 1. The summed E-state index contributed by atoms with van der Waals surface area (Å²) in [6, 6.07) is 7.17. The van der Waals surface area contributed by atoms with Gasteiger partial charge in [-0.3, -0.25) is 9.48 Å². The van der Waals surface area contributed by atoms with Gasteiger partial charge in [0.25, 0.3) is 0 Å². The van der Waals surface area contributed by atoms with Crippen molar-refractivity contribution in [2.75, 3.05) is 13.7 Å². The molecular formula is C32H38N2O7. The van der Waals surface area contributed by atoms with Crippen molar-refractivity contribution in [1.82, 2.24) is 9.78 Å². The van der Waals surface area contributed by atoms with E-state index in [-0.39, 0.29) is 40.2 Å². The Bertz CT molecular complexity index is 1490. The average molecular weight is 563 g/mol. The van der Waals surface area contributed by atoms with Crippen LogP contribution in [0.4, 0.5) is 0 Å². The molecule has 41 heavy (non-hydrogen) atoms. The van der Waals surface area contributed by atoms with Gasteiger partial charge in [0.05, 0.1) is 25.3 Å². The zero-order valence-electron chi connectivity index (χ0n) is 24.3. The lowest BCUT2D eigenvalue weighted by Gasteiger charge is -2.48. The Hall–Kier alpha value is -3.27. The molecule has 1 aromatic heterocycles. The highest BCUT2D eigenvalue weighted by molar-refractivity contribution is 5.97. The lowest BCUT2D eigenvalue weighted by molar-refractivity contribution is -0.190. The molecule has 6 rings (SSSR count). The predicted molar refractivity (Wildman–Crippen MR) is 150 cm³/mol. The van der Waals surface area contributed by atoms with Crippen molar-refractivity contribution in [2.45, 2.75) is 51.9 Å². The second-order valence-electron chi connectivity index (χ2n) is 12.9. The van der Waals surface area contributed by atoms with Crippen molar-refractivity contribution in [3.05, 3.63) is 59.5 Å². The molecule has 0 amide bonds. The second kappa shape index (κ2) is 9.11. The van der Waals surface area contributed by atoms with E-state index >= 15 is 0 Å². The first-order chi connectivity index (χ1) is 19.3. The minimum Gasteiger partial charge on any atom is -0.497 e. The van der Waals surface area contributed by atoms with Gasteiger partial charge in [0.15, 0.2) is 23.2 Å². The van der Waals surface area contributed by atoms with E-state index in [2.05, 4.69) is 18.9 Å². The van der Waals surface area contributed by atoms with Gasteiger partial charge >= 0.3 is 5.97 Å². The van der Waals surface area contributed by atoms with E-state index in [1.807, 2.05) is 19.1 Å². The molecule has 9 heteroatoms. The van der Waals surface area contributed by atoms with Gasteiger partial charge in [-0.1, -0.05) is 45.1 Å². The summed E-state index contributed by atoms with van der Waals surface area (Å²) in [4.78, 5) is 28.4. The maximum Gasteiger partial charge on any atom is 0.357 e. The quantitative estimate of drug-likeness (QED) is 0.374. The van der Waals surface area contributed by atoms with Crippen LogP contribution in [0.15, 0.2) is 53.8 Å². The van der Waals surface area contributed by atoms with Crippen molar-refractivity contribution in [1.29, 1.82) is 0 Å². The highest BCUT2D eigenvalue weighted by atomic mass is 16.6. The number of esters is 1. The summed E-state index contributed by atoms with van der Waals surface area (Å²) in [5.41, 5.74) is -1.69. The maximum atomic E-state index is 14.5. The van der Waals surface area contributed by atoms with Crippen LogP contribution in [0.2, 0.25) is 0 Å². The van der Waals surface area contributed by atoms with Crippen LogP contribution in [-0.2, 0) is 16.6 Å². The Morgan fingerprint density at radius 1 is 1.22 bits per heavy atom. The van der Waals surface area contributed by atoms with Crippen molar-refractivity contribution in [3.63, 3.8) is 0 Å². The number of hydrogen-bond donors (Lipinski definition) is 3. The Morgan fingerprint density at radius 3 is 2.54 bits per heavy atom. The molecular weight excluding hydrogens is 524 g/mol. The van der Waals surface area contributed by atoms with E-state index < -0.39 is 41.7 Å². The molecule has 0 aliphatic heterocycles. The van der Waals surface area contributed by atoms with Gasteiger partial charge in [-0.05, 0) is 65.4 Å². The number of carbonyl (C=O) groups is 2. The molecule has 2 saturated carbocycles. The van der Waals surface area contributed by atoms with Gasteiger partial charge in [-0.2, -0.15) is 5.10 Å². The largest absolute Gasteiger partial charge is 0.497 e. The van der Waals surface area contributed by atoms with Crippen LogP contribution in [-0.4, -0.2) is 68.4 Å². The van der Waals surface area contributed by atoms with E-state index in [0.29, 0.717) is 23.3 Å². The fraction of sp³-hybridized carbons (Fsp3) is 0.531. The lowest BCUT2D eigenvalue weighted by atomic mass is 9.59. The zero-order valence-corrected chi connectivity index (χ0v) is 24.3. The van der Waals surface area contributed by atoms with Gasteiger partial charge in [0.1, 0.15) is 11.9 Å². The van der Waals surface area contributed by atoms with E-state index in [1.165, 1.54) is 4.68 Å². The van der Waals surface area contributed by atoms with E-state index in [9.17, 15) is 24.9 Å². The maximum absolute atomic E-state index is 14.5. The molecule has 0 unspecified atom stereocenters. The SMILES string of the molecule is COc1ccc(-c2cnn(C)c2C(=O)O[C@H]2C(C)=C[C@]34C(=O)[C@@H](C=C(CO)[C@@H](O)[C@]23O)[C@H]2[C@@H](C[C@H]4C)C2(C)C)cc1. The smallest absolute Gasteiger partial charge is 0.357 e. The number of carbonyl (C=O) groups excluding carboxylic acids is 2. The molecule has 218 valence electrons. The highest BCUT2D eigenvalue weighted by Crippen LogP contribution is 2.71. The molecule has 2 bridgehead atoms. The number of Topliss-reactive ketones (excluding diaryl/α,β-unsaturated/α-hetero) is 1. The zero-order chi connectivity index (χ0) is 29.6. The number of aliphatic hydroxyl groups is 3. The molecule has 0 saturated heterocycles. The lowest BCUT2D eigenvalue weighted by Crippen LogP contribution is -2.65. The Labute approximate surface area is 239 Å². The van der Waals surface area contributed by atoms with Crippen LogP contribution in [0.5, 0.6) is 5.75 Å².